The second kappa shape index (κ2) is 10.1. The first-order chi connectivity index (χ1) is 11.8. The summed E-state index contributed by atoms with van der Waals surface area (Å²) in [5, 5.41) is 0. The Hall–Kier alpha value is -2.72. The SMILES string of the molecule is CCCCc1ccc(C=CC#CC=Cc2ccc(OC)cc2)cc1. The molecule has 2 aromatic carbocycles. The monoisotopic (exact) mass is 316 g/mol. The molecule has 0 heterocycles. The largest absolute Gasteiger partial charge is 0.497 e. The number of hydrogen-bond acceptors (Lipinski definition) is 1. The molecule has 0 aliphatic carbocycles. The van der Waals surface area contributed by atoms with Crippen LogP contribution in [0.25, 0.3) is 12.2 Å². The van der Waals surface area contributed by atoms with Crippen LogP contribution < -0.4 is 4.74 Å². The van der Waals surface area contributed by atoms with Crippen molar-refractivity contribution in [3.63, 3.8) is 0 Å². The Labute approximate surface area is 145 Å². The first-order valence-electron chi connectivity index (χ1n) is 8.39. The lowest BCUT2D eigenvalue weighted by Crippen LogP contribution is -1.83. The van der Waals surface area contributed by atoms with Crippen LogP contribution in [0, 0.1) is 11.8 Å². The van der Waals surface area contributed by atoms with Crippen LogP contribution in [-0.4, -0.2) is 7.11 Å². The van der Waals surface area contributed by atoms with Gasteiger partial charge in [0.1, 0.15) is 5.75 Å². The van der Waals surface area contributed by atoms with E-state index in [-0.39, 0.29) is 0 Å². The zero-order valence-corrected chi connectivity index (χ0v) is 14.5. The Morgan fingerprint density at radius 3 is 1.88 bits per heavy atom. The Kier molecular flexibility index (Phi) is 7.44. The maximum absolute atomic E-state index is 5.13. The second-order valence-electron chi connectivity index (χ2n) is 5.57. The zero-order valence-electron chi connectivity index (χ0n) is 14.5. The summed E-state index contributed by atoms with van der Waals surface area (Å²) in [6, 6.07) is 16.6. The van der Waals surface area contributed by atoms with Gasteiger partial charge in [0.05, 0.1) is 7.11 Å². The predicted molar refractivity (Wildman–Crippen MR) is 104 cm³/mol. The number of ether oxygens (including phenoxy) is 1. The standard InChI is InChI=1S/C23H24O/c1-3-4-9-20-12-14-21(15-13-20)10-7-5-6-8-11-22-16-18-23(24-2)19-17-22/h7-8,10-19H,3-4,9H2,1-2H3. The summed E-state index contributed by atoms with van der Waals surface area (Å²) in [5.74, 6) is 6.92. The molecule has 2 rings (SSSR count). The average Bonchev–Trinajstić information content (AvgIpc) is 2.64. The number of allylic oxidation sites excluding steroid dienone is 2. The van der Waals surface area contributed by atoms with Gasteiger partial charge < -0.3 is 4.74 Å². The minimum Gasteiger partial charge on any atom is -0.497 e. The number of rotatable bonds is 6. The summed E-state index contributed by atoms with van der Waals surface area (Å²) in [6.07, 6.45) is 11.4. The molecule has 0 aliphatic rings. The molecule has 0 saturated heterocycles. The molecule has 2 aromatic rings. The highest BCUT2D eigenvalue weighted by Gasteiger charge is 1.92. The summed E-state index contributed by atoms with van der Waals surface area (Å²) in [6.45, 7) is 2.22. The summed E-state index contributed by atoms with van der Waals surface area (Å²) in [7, 11) is 1.67. The molecule has 0 N–H and O–H groups in total. The third-order valence-electron chi connectivity index (χ3n) is 3.72. The van der Waals surface area contributed by atoms with Crippen molar-refractivity contribution >= 4 is 12.2 Å². The molecule has 0 amide bonds. The molecule has 0 aromatic heterocycles. The molecule has 0 aliphatic heterocycles. The molecule has 1 heteroatoms. The van der Waals surface area contributed by atoms with Gasteiger partial charge in [0.25, 0.3) is 0 Å². The molecule has 0 fully saturated rings. The van der Waals surface area contributed by atoms with Crippen LogP contribution in [0.3, 0.4) is 0 Å². The van der Waals surface area contributed by atoms with Crippen LogP contribution in [0.5, 0.6) is 5.75 Å². The van der Waals surface area contributed by atoms with Crippen molar-refractivity contribution in [1.82, 2.24) is 0 Å². The topological polar surface area (TPSA) is 9.23 Å². The number of aryl methyl sites for hydroxylation is 1. The van der Waals surface area contributed by atoms with Crippen molar-refractivity contribution in [3.05, 3.63) is 77.4 Å². The minimum absolute atomic E-state index is 0.863. The highest BCUT2D eigenvalue weighted by molar-refractivity contribution is 5.56. The van der Waals surface area contributed by atoms with E-state index in [1.54, 1.807) is 7.11 Å². The fourth-order valence-electron chi connectivity index (χ4n) is 2.26. The lowest BCUT2D eigenvalue weighted by molar-refractivity contribution is 0.415. The van der Waals surface area contributed by atoms with Gasteiger partial charge in [0.2, 0.25) is 0 Å². The summed E-state index contributed by atoms with van der Waals surface area (Å²) < 4.78 is 5.13. The Morgan fingerprint density at radius 2 is 1.38 bits per heavy atom. The molecule has 0 radical (unpaired) electrons. The molecule has 0 atom stereocenters. The number of benzene rings is 2. The third-order valence-corrected chi connectivity index (χ3v) is 3.72. The Morgan fingerprint density at radius 1 is 0.833 bits per heavy atom. The van der Waals surface area contributed by atoms with Crippen molar-refractivity contribution in [2.24, 2.45) is 0 Å². The molecule has 24 heavy (non-hydrogen) atoms. The van der Waals surface area contributed by atoms with E-state index in [0.717, 1.165) is 17.7 Å². The van der Waals surface area contributed by atoms with Gasteiger partial charge in [-0.3, -0.25) is 0 Å². The number of methoxy groups -OCH3 is 1. The van der Waals surface area contributed by atoms with Gasteiger partial charge in [-0.15, -0.1) is 0 Å². The van der Waals surface area contributed by atoms with Crippen LogP contribution >= 0.6 is 0 Å². The van der Waals surface area contributed by atoms with Crippen LogP contribution in [0.4, 0.5) is 0 Å². The van der Waals surface area contributed by atoms with E-state index in [1.807, 2.05) is 48.6 Å². The molecule has 0 spiro atoms. The van der Waals surface area contributed by atoms with Crippen LogP contribution in [0.1, 0.15) is 36.5 Å². The van der Waals surface area contributed by atoms with E-state index in [0.29, 0.717) is 0 Å². The second-order valence-corrected chi connectivity index (χ2v) is 5.57. The first-order valence-corrected chi connectivity index (χ1v) is 8.39. The summed E-state index contributed by atoms with van der Waals surface area (Å²) in [4.78, 5) is 0. The summed E-state index contributed by atoms with van der Waals surface area (Å²) >= 11 is 0. The van der Waals surface area contributed by atoms with Gasteiger partial charge in [-0.05, 0) is 66.0 Å². The lowest BCUT2D eigenvalue weighted by atomic mass is 10.1. The quantitative estimate of drug-likeness (QED) is 0.615. The Bertz CT molecular complexity index is 722. The molecule has 0 unspecified atom stereocenters. The Balaban J connectivity index is 1.85. The van der Waals surface area contributed by atoms with Gasteiger partial charge in [-0.2, -0.15) is 0 Å². The van der Waals surface area contributed by atoms with E-state index in [1.165, 1.54) is 24.0 Å². The fraction of sp³-hybridized carbons (Fsp3) is 0.217. The van der Waals surface area contributed by atoms with Gasteiger partial charge in [0.15, 0.2) is 0 Å². The third kappa shape index (κ3) is 6.18. The van der Waals surface area contributed by atoms with Gasteiger partial charge in [-0.25, -0.2) is 0 Å². The van der Waals surface area contributed by atoms with E-state index < -0.39 is 0 Å². The van der Waals surface area contributed by atoms with Gasteiger partial charge in [0, 0.05) is 0 Å². The highest BCUT2D eigenvalue weighted by Crippen LogP contribution is 2.12. The van der Waals surface area contributed by atoms with Crippen molar-refractivity contribution < 1.29 is 4.74 Å². The van der Waals surface area contributed by atoms with E-state index in [4.69, 9.17) is 4.74 Å². The maximum atomic E-state index is 5.13. The van der Waals surface area contributed by atoms with Gasteiger partial charge >= 0.3 is 0 Å². The average molecular weight is 316 g/mol. The van der Waals surface area contributed by atoms with Crippen molar-refractivity contribution in [1.29, 1.82) is 0 Å². The lowest BCUT2D eigenvalue weighted by Gasteiger charge is -1.99. The predicted octanol–water partition coefficient (Wildman–Crippen LogP) is 5.77. The van der Waals surface area contributed by atoms with Crippen LogP contribution in [0.2, 0.25) is 0 Å². The summed E-state index contributed by atoms with van der Waals surface area (Å²) in [5.41, 5.74) is 3.70. The zero-order chi connectivity index (χ0) is 17.0. The fourth-order valence-corrected chi connectivity index (χ4v) is 2.26. The molecule has 122 valence electrons. The maximum Gasteiger partial charge on any atom is 0.118 e. The van der Waals surface area contributed by atoms with Crippen LogP contribution in [0.15, 0.2) is 60.7 Å². The minimum atomic E-state index is 0.863. The molecule has 0 saturated carbocycles. The highest BCUT2D eigenvalue weighted by atomic mass is 16.5. The van der Waals surface area contributed by atoms with E-state index >= 15 is 0 Å². The van der Waals surface area contributed by atoms with Crippen LogP contribution in [-0.2, 0) is 6.42 Å². The number of unbranched alkanes of at least 4 members (excludes halogenated alkanes) is 1. The normalized spacial score (nSPS) is 10.8. The molecule has 1 nitrogen and oxygen atoms in total. The number of hydrogen-bond donors (Lipinski definition) is 0. The van der Waals surface area contributed by atoms with E-state index in [9.17, 15) is 0 Å². The van der Waals surface area contributed by atoms with Crippen molar-refractivity contribution in [2.45, 2.75) is 26.2 Å². The molecular formula is C23H24O. The molecular weight excluding hydrogens is 292 g/mol. The van der Waals surface area contributed by atoms with Crippen molar-refractivity contribution in [3.8, 4) is 17.6 Å². The van der Waals surface area contributed by atoms with Crippen molar-refractivity contribution in [2.75, 3.05) is 7.11 Å². The smallest absolute Gasteiger partial charge is 0.118 e. The molecule has 0 bridgehead atoms. The van der Waals surface area contributed by atoms with Gasteiger partial charge in [-0.1, -0.05) is 61.6 Å². The first kappa shape index (κ1) is 17.6. The van der Waals surface area contributed by atoms with E-state index in [2.05, 4.69) is 43.0 Å².